The van der Waals surface area contributed by atoms with Gasteiger partial charge in [0.2, 0.25) is 10.0 Å². The first-order valence-corrected chi connectivity index (χ1v) is 8.92. The number of benzene rings is 2. The first kappa shape index (κ1) is 18.8. The first-order chi connectivity index (χ1) is 11.5. The lowest BCUT2D eigenvalue weighted by Gasteiger charge is -2.11. The van der Waals surface area contributed by atoms with Crippen LogP contribution in [0, 0.1) is 6.92 Å². The molecule has 0 unspecified atom stereocenters. The average Bonchev–Trinajstić information content (AvgIpc) is 2.47. The minimum atomic E-state index is -4.44. The lowest BCUT2D eigenvalue weighted by atomic mass is 10.1. The topological polar surface area (TPSA) is 75.3 Å². The van der Waals surface area contributed by atoms with E-state index in [1.54, 1.807) is 6.92 Å². The Morgan fingerprint density at radius 1 is 1.04 bits per heavy atom. The quantitative estimate of drug-likeness (QED) is 0.860. The molecule has 0 bridgehead atoms. The fraction of sp³-hybridized carbons (Fsp3) is 0.188. The van der Waals surface area contributed by atoms with Crippen molar-refractivity contribution in [3.63, 3.8) is 0 Å². The van der Waals surface area contributed by atoms with E-state index in [1.807, 2.05) is 0 Å². The monoisotopic (exact) mass is 372 g/mol. The fourth-order valence-electron chi connectivity index (χ4n) is 2.06. The maximum atomic E-state index is 12.5. The number of nitrogens with one attached hydrogen (secondary N) is 2. The molecule has 2 N–H and O–H groups in total. The predicted molar refractivity (Wildman–Crippen MR) is 89.0 cm³/mol. The SMILES string of the molecule is Cc1cc(C(=O)Nc2ccc(C(F)(F)F)cc2)ccc1NS(C)(=O)=O. The Kier molecular flexibility index (Phi) is 5.07. The molecule has 5 nitrogen and oxygen atoms in total. The van der Waals surface area contributed by atoms with Crippen molar-refractivity contribution in [1.29, 1.82) is 0 Å². The number of amides is 1. The van der Waals surface area contributed by atoms with Gasteiger partial charge in [-0.15, -0.1) is 0 Å². The average molecular weight is 372 g/mol. The van der Waals surface area contributed by atoms with Crippen LogP contribution in [-0.2, 0) is 16.2 Å². The van der Waals surface area contributed by atoms with Gasteiger partial charge in [0, 0.05) is 11.3 Å². The number of alkyl halides is 3. The molecule has 2 aromatic carbocycles. The third kappa shape index (κ3) is 5.21. The highest BCUT2D eigenvalue weighted by atomic mass is 32.2. The van der Waals surface area contributed by atoms with Gasteiger partial charge in [-0.2, -0.15) is 13.2 Å². The maximum Gasteiger partial charge on any atom is 0.416 e. The Morgan fingerprint density at radius 3 is 2.12 bits per heavy atom. The van der Waals surface area contributed by atoms with E-state index in [9.17, 15) is 26.4 Å². The summed E-state index contributed by atoms with van der Waals surface area (Å²) in [6.45, 7) is 1.63. The molecule has 0 fully saturated rings. The van der Waals surface area contributed by atoms with Crippen LogP contribution < -0.4 is 10.0 Å². The van der Waals surface area contributed by atoms with Crippen LogP contribution in [0.4, 0.5) is 24.5 Å². The van der Waals surface area contributed by atoms with Gasteiger partial charge >= 0.3 is 6.18 Å². The zero-order chi connectivity index (χ0) is 18.8. The van der Waals surface area contributed by atoms with Gasteiger partial charge in [-0.05, 0) is 55.0 Å². The van der Waals surface area contributed by atoms with E-state index >= 15 is 0 Å². The largest absolute Gasteiger partial charge is 0.416 e. The summed E-state index contributed by atoms with van der Waals surface area (Å²) in [6, 6.07) is 8.41. The number of anilines is 2. The Balaban J connectivity index is 2.14. The second-order valence-electron chi connectivity index (χ2n) is 5.43. The summed E-state index contributed by atoms with van der Waals surface area (Å²) in [5.41, 5.74) is 0.530. The third-order valence-electron chi connectivity index (χ3n) is 3.25. The number of carbonyl (C=O) groups excluding carboxylic acids is 1. The standard InChI is InChI=1S/C16H15F3N2O3S/c1-10-9-11(3-8-14(10)21-25(2,23)24)15(22)20-13-6-4-12(5-7-13)16(17,18)19/h3-9,21H,1-2H3,(H,20,22). The summed E-state index contributed by atoms with van der Waals surface area (Å²) in [6.07, 6.45) is -3.43. The number of hydrogen-bond acceptors (Lipinski definition) is 3. The molecule has 0 saturated carbocycles. The van der Waals surface area contributed by atoms with Gasteiger partial charge in [0.1, 0.15) is 0 Å². The van der Waals surface area contributed by atoms with Gasteiger partial charge in [-0.25, -0.2) is 8.42 Å². The van der Waals surface area contributed by atoms with E-state index in [0.717, 1.165) is 30.5 Å². The van der Waals surface area contributed by atoms with E-state index in [0.29, 0.717) is 11.3 Å². The Bertz CT molecular complexity index is 892. The molecule has 0 saturated heterocycles. The zero-order valence-electron chi connectivity index (χ0n) is 13.3. The molecule has 2 rings (SSSR count). The molecule has 25 heavy (non-hydrogen) atoms. The van der Waals surface area contributed by atoms with Crippen molar-refractivity contribution in [2.24, 2.45) is 0 Å². The minimum absolute atomic E-state index is 0.217. The van der Waals surface area contributed by atoms with Crippen molar-refractivity contribution < 1.29 is 26.4 Å². The number of hydrogen-bond donors (Lipinski definition) is 2. The number of carbonyl (C=O) groups is 1. The second kappa shape index (κ2) is 6.75. The lowest BCUT2D eigenvalue weighted by molar-refractivity contribution is -0.137. The number of aryl methyl sites for hydroxylation is 1. The molecule has 1 amide bonds. The van der Waals surface area contributed by atoms with Crippen molar-refractivity contribution in [3.05, 3.63) is 59.2 Å². The van der Waals surface area contributed by atoms with Crippen molar-refractivity contribution in [1.82, 2.24) is 0 Å². The van der Waals surface area contributed by atoms with Crippen LogP contribution in [0.25, 0.3) is 0 Å². The van der Waals surface area contributed by atoms with Crippen molar-refractivity contribution in [2.75, 3.05) is 16.3 Å². The molecular weight excluding hydrogens is 357 g/mol. The molecule has 0 aliphatic heterocycles. The second-order valence-corrected chi connectivity index (χ2v) is 7.18. The molecule has 0 spiro atoms. The van der Waals surface area contributed by atoms with Crippen LogP contribution in [-0.4, -0.2) is 20.6 Å². The molecule has 134 valence electrons. The predicted octanol–water partition coefficient (Wildman–Crippen LogP) is 3.64. The highest BCUT2D eigenvalue weighted by Gasteiger charge is 2.30. The van der Waals surface area contributed by atoms with Crippen LogP contribution in [0.1, 0.15) is 21.5 Å². The highest BCUT2D eigenvalue weighted by molar-refractivity contribution is 7.92. The normalized spacial score (nSPS) is 11.9. The molecule has 0 aliphatic rings. The fourth-order valence-corrected chi connectivity index (χ4v) is 2.69. The highest BCUT2D eigenvalue weighted by Crippen LogP contribution is 2.30. The Hall–Kier alpha value is -2.55. The number of rotatable bonds is 4. The van der Waals surface area contributed by atoms with Crippen molar-refractivity contribution >= 4 is 27.3 Å². The number of halogens is 3. The molecule has 0 radical (unpaired) electrons. The lowest BCUT2D eigenvalue weighted by Crippen LogP contribution is -2.14. The summed E-state index contributed by atoms with van der Waals surface area (Å²) in [7, 11) is -3.44. The van der Waals surface area contributed by atoms with E-state index in [4.69, 9.17) is 0 Å². The molecule has 0 aliphatic carbocycles. The summed E-state index contributed by atoms with van der Waals surface area (Å²) in [4.78, 5) is 12.2. The summed E-state index contributed by atoms with van der Waals surface area (Å²) < 4.78 is 62.3. The first-order valence-electron chi connectivity index (χ1n) is 7.03. The van der Waals surface area contributed by atoms with Gasteiger partial charge in [0.25, 0.3) is 5.91 Å². The van der Waals surface area contributed by atoms with Gasteiger partial charge < -0.3 is 5.32 Å². The van der Waals surface area contributed by atoms with Crippen LogP contribution >= 0.6 is 0 Å². The van der Waals surface area contributed by atoms with E-state index in [-0.39, 0.29) is 11.3 Å². The summed E-state index contributed by atoms with van der Waals surface area (Å²) in [5.74, 6) is -0.520. The number of sulfonamides is 1. The van der Waals surface area contributed by atoms with Crippen LogP contribution in [0.15, 0.2) is 42.5 Å². The maximum absolute atomic E-state index is 12.5. The molecular formula is C16H15F3N2O3S. The molecule has 0 aromatic heterocycles. The van der Waals surface area contributed by atoms with Crippen molar-refractivity contribution in [3.8, 4) is 0 Å². The van der Waals surface area contributed by atoms with Gasteiger partial charge in [0.05, 0.1) is 17.5 Å². The van der Waals surface area contributed by atoms with Crippen LogP contribution in [0.5, 0.6) is 0 Å². The molecule has 0 atom stereocenters. The Morgan fingerprint density at radius 2 is 1.64 bits per heavy atom. The van der Waals surface area contributed by atoms with Gasteiger partial charge in [-0.1, -0.05) is 0 Å². The van der Waals surface area contributed by atoms with E-state index < -0.39 is 27.7 Å². The molecule has 9 heteroatoms. The van der Waals surface area contributed by atoms with E-state index in [2.05, 4.69) is 10.0 Å². The van der Waals surface area contributed by atoms with E-state index in [1.165, 1.54) is 18.2 Å². The van der Waals surface area contributed by atoms with Crippen LogP contribution in [0.3, 0.4) is 0 Å². The van der Waals surface area contributed by atoms with Crippen molar-refractivity contribution in [2.45, 2.75) is 13.1 Å². The summed E-state index contributed by atoms with van der Waals surface area (Å²) in [5, 5.41) is 2.49. The van der Waals surface area contributed by atoms with Gasteiger partial charge in [0.15, 0.2) is 0 Å². The van der Waals surface area contributed by atoms with Gasteiger partial charge in [-0.3, -0.25) is 9.52 Å². The Labute approximate surface area is 142 Å². The third-order valence-corrected chi connectivity index (χ3v) is 3.84. The molecule has 2 aromatic rings. The summed E-state index contributed by atoms with van der Waals surface area (Å²) >= 11 is 0. The minimum Gasteiger partial charge on any atom is -0.322 e. The smallest absolute Gasteiger partial charge is 0.322 e. The molecule has 0 heterocycles. The van der Waals surface area contributed by atoms with Crippen LogP contribution in [0.2, 0.25) is 0 Å². The zero-order valence-corrected chi connectivity index (χ0v) is 14.1.